The number of carbonyl (C=O) groups excluding carboxylic acids is 5. The van der Waals surface area contributed by atoms with Gasteiger partial charge in [-0.3, -0.25) is 24.0 Å². The summed E-state index contributed by atoms with van der Waals surface area (Å²) in [5.41, 5.74) is 6.49. The second kappa shape index (κ2) is 17.4. The fraction of sp³-hybridized carbons (Fsp3) is 0.485. The van der Waals surface area contributed by atoms with Gasteiger partial charge < -0.3 is 31.1 Å². The molecule has 0 bridgehead atoms. The van der Waals surface area contributed by atoms with E-state index in [2.05, 4.69) is 21.3 Å². The number of hydrogen-bond acceptors (Lipinski definition) is 5. The molecule has 1 unspecified atom stereocenters. The third kappa shape index (κ3) is 11.4. The van der Waals surface area contributed by atoms with Crippen LogP contribution < -0.4 is 32.2 Å². The summed E-state index contributed by atoms with van der Waals surface area (Å²) in [5, 5.41) is 11.2. The van der Waals surface area contributed by atoms with E-state index in [0.29, 0.717) is 10.8 Å². The van der Waals surface area contributed by atoms with Crippen molar-refractivity contribution < 1.29 is 28.1 Å². The normalized spacial score (nSPS) is 12.8. The molecule has 12 heteroatoms. The van der Waals surface area contributed by atoms with Crippen molar-refractivity contribution in [3.8, 4) is 0 Å². The molecule has 0 saturated carbocycles. The van der Waals surface area contributed by atoms with Crippen LogP contribution in [0.25, 0.3) is 0 Å². The lowest BCUT2D eigenvalue weighted by atomic mass is 10.0. The maximum absolute atomic E-state index is 15.9. The molecule has 2 rings (SSSR count). The first kappa shape index (κ1) is 37.1. The Bertz CT molecular complexity index is 1300. The highest BCUT2D eigenvalue weighted by atomic mass is 28.4. The minimum Gasteiger partial charge on any atom is -0.368 e. The standard InChI is InChI=1S/C33H48FN5O5Si/c1-21(2)31(39-30(42)19-25-12-14-26(15-13-25)45(34,22(3)4)23(5)6)33(44)36-17-16-29(41)38-27(32(43)37-20-28(35)40)18-24-10-8-7-9-11-24/h7-15,21-23,27,31H,16-20H2,1-6H3,(H2,35,40)(H,36,44)(H,37,43)(H,38,41)(H,39,42)/t27-,31?/m0/s1. The molecule has 0 aromatic heterocycles. The molecule has 0 heterocycles. The molecule has 0 saturated heterocycles. The van der Waals surface area contributed by atoms with E-state index in [1.807, 2.05) is 58.0 Å². The van der Waals surface area contributed by atoms with E-state index >= 15 is 4.11 Å². The van der Waals surface area contributed by atoms with Crippen LogP contribution in [0.1, 0.15) is 59.1 Å². The fourth-order valence-corrected chi connectivity index (χ4v) is 8.53. The first-order valence-corrected chi connectivity index (χ1v) is 17.4. The molecule has 2 aromatic carbocycles. The zero-order valence-electron chi connectivity index (χ0n) is 27.1. The maximum atomic E-state index is 15.9. The van der Waals surface area contributed by atoms with Crippen molar-refractivity contribution in [1.82, 2.24) is 21.3 Å². The van der Waals surface area contributed by atoms with Crippen molar-refractivity contribution in [3.05, 3.63) is 65.7 Å². The number of amides is 5. The predicted octanol–water partition coefficient (Wildman–Crippen LogP) is 2.15. The van der Waals surface area contributed by atoms with Crippen LogP contribution >= 0.6 is 0 Å². The lowest BCUT2D eigenvalue weighted by molar-refractivity contribution is -0.131. The van der Waals surface area contributed by atoms with Crippen LogP contribution in [0.4, 0.5) is 4.11 Å². The molecular formula is C33H48FN5O5Si. The Hall–Kier alpha value is -4.06. The van der Waals surface area contributed by atoms with Crippen molar-refractivity contribution in [2.24, 2.45) is 11.7 Å². The molecule has 45 heavy (non-hydrogen) atoms. The second-order valence-electron chi connectivity index (χ2n) is 12.3. The van der Waals surface area contributed by atoms with E-state index in [1.54, 1.807) is 38.1 Å². The SMILES string of the molecule is CC(C)C(NC(=O)Cc1ccc([Si](F)(C(C)C)C(C)C)cc1)C(=O)NCCC(=O)N[C@@H](Cc1ccccc1)C(=O)NCC(N)=O. The van der Waals surface area contributed by atoms with Crippen LogP contribution in [0.5, 0.6) is 0 Å². The molecular weight excluding hydrogens is 593 g/mol. The van der Waals surface area contributed by atoms with Gasteiger partial charge in [-0.1, -0.05) is 96.1 Å². The Morgan fingerprint density at radius 2 is 1.36 bits per heavy atom. The van der Waals surface area contributed by atoms with Crippen LogP contribution in [0, 0.1) is 5.92 Å². The van der Waals surface area contributed by atoms with Crippen molar-refractivity contribution in [1.29, 1.82) is 0 Å². The van der Waals surface area contributed by atoms with Gasteiger partial charge in [-0.05, 0) is 33.3 Å². The van der Waals surface area contributed by atoms with Crippen molar-refractivity contribution >= 4 is 43.1 Å². The number of hydrogen-bond donors (Lipinski definition) is 5. The second-order valence-corrected chi connectivity index (χ2v) is 16.7. The summed E-state index contributed by atoms with van der Waals surface area (Å²) < 4.78 is 15.9. The van der Waals surface area contributed by atoms with Crippen molar-refractivity contribution in [2.75, 3.05) is 13.1 Å². The zero-order valence-corrected chi connectivity index (χ0v) is 28.1. The van der Waals surface area contributed by atoms with E-state index < -0.39 is 44.1 Å². The molecule has 10 nitrogen and oxygen atoms in total. The number of halogens is 1. The van der Waals surface area contributed by atoms with Crippen LogP contribution in [-0.4, -0.2) is 63.1 Å². The third-order valence-electron chi connectivity index (χ3n) is 7.73. The monoisotopic (exact) mass is 641 g/mol. The lowest BCUT2D eigenvalue weighted by Gasteiger charge is -2.30. The number of carbonyl (C=O) groups is 5. The van der Waals surface area contributed by atoms with Gasteiger partial charge in [0, 0.05) is 19.4 Å². The molecule has 0 radical (unpaired) electrons. The molecule has 2 aromatic rings. The predicted molar refractivity (Wildman–Crippen MR) is 176 cm³/mol. The number of primary amides is 1. The Morgan fingerprint density at radius 1 is 0.756 bits per heavy atom. The number of rotatable bonds is 17. The van der Waals surface area contributed by atoms with E-state index in [4.69, 9.17) is 5.73 Å². The van der Waals surface area contributed by atoms with Gasteiger partial charge in [0.1, 0.15) is 12.1 Å². The third-order valence-corrected chi connectivity index (χ3v) is 12.3. The van der Waals surface area contributed by atoms with E-state index in [0.717, 1.165) is 5.56 Å². The Labute approximate surface area is 266 Å². The van der Waals surface area contributed by atoms with Gasteiger partial charge in [0.15, 0.2) is 0 Å². The van der Waals surface area contributed by atoms with E-state index in [9.17, 15) is 24.0 Å². The largest absolute Gasteiger partial charge is 0.368 e. The molecule has 0 aliphatic carbocycles. The van der Waals surface area contributed by atoms with Crippen molar-refractivity contribution in [2.45, 2.75) is 84.0 Å². The molecule has 2 atom stereocenters. The Morgan fingerprint density at radius 3 is 1.89 bits per heavy atom. The first-order valence-electron chi connectivity index (χ1n) is 15.4. The summed E-state index contributed by atoms with van der Waals surface area (Å²) in [6.45, 7) is 10.9. The smallest absolute Gasteiger partial charge is 0.282 e. The van der Waals surface area contributed by atoms with E-state index in [-0.39, 0.29) is 55.3 Å². The lowest BCUT2D eigenvalue weighted by Crippen LogP contribution is -2.51. The molecule has 0 aliphatic heterocycles. The maximum Gasteiger partial charge on any atom is 0.282 e. The van der Waals surface area contributed by atoms with Gasteiger partial charge in [0.05, 0.1) is 13.0 Å². The highest BCUT2D eigenvalue weighted by Gasteiger charge is 2.43. The van der Waals surface area contributed by atoms with Crippen LogP contribution in [0.3, 0.4) is 0 Å². The van der Waals surface area contributed by atoms with Crippen LogP contribution in [-0.2, 0) is 36.8 Å². The van der Waals surface area contributed by atoms with Crippen LogP contribution in [0.2, 0.25) is 11.1 Å². The topological polar surface area (TPSA) is 159 Å². The summed E-state index contributed by atoms with van der Waals surface area (Å²) >= 11 is 0. The Kier molecular flexibility index (Phi) is 14.4. The van der Waals surface area contributed by atoms with E-state index in [1.165, 1.54) is 0 Å². The molecule has 0 fully saturated rings. The summed E-state index contributed by atoms with van der Waals surface area (Å²) in [6, 6.07) is 14.4. The van der Waals surface area contributed by atoms with Crippen molar-refractivity contribution in [3.63, 3.8) is 0 Å². The number of nitrogens with two attached hydrogens (primary N) is 1. The average Bonchev–Trinajstić information content (AvgIpc) is 2.98. The molecule has 246 valence electrons. The van der Waals surface area contributed by atoms with Gasteiger partial charge in [0.25, 0.3) is 8.41 Å². The summed E-state index contributed by atoms with van der Waals surface area (Å²) in [6.07, 6.45) is 0.112. The average molecular weight is 642 g/mol. The quantitative estimate of drug-likeness (QED) is 0.132. The molecule has 0 spiro atoms. The minimum absolute atomic E-state index is 0.0211. The fourth-order valence-electron chi connectivity index (χ4n) is 5.19. The van der Waals surface area contributed by atoms with Gasteiger partial charge in [-0.15, -0.1) is 0 Å². The zero-order chi connectivity index (χ0) is 33.7. The number of benzene rings is 2. The Balaban J connectivity index is 1.94. The summed E-state index contributed by atoms with van der Waals surface area (Å²) in [5.74, 6) is -2.77. The number of nitrogens with one attached hydrogen (secondary N) is 4. The highest BCUT2D eigenvalue weighted by Crippen LogP contribution is 2.33. The molecule has 5 amide bonds. The van der Waals surface area contributed by atoms with Gasteiger partial charge >= 0.3 is 0 Å². The minimum atomic E-state index is -3.18. The first-order chi connectivity index (χ1) is 21.1. The summed E-state index contributed by atoms with van der Waals surface area (Å²) in [7, 11) is -3.18. The van der Waals surface area contributed by atoms with Crippen LogP contribution in [0.15, 0.2) is 54.6 Å². The molecule has 0 aliphatic rings. The summed E-state index contributed by atoms with van der Waals surface area (Å²) in [4.78, 5) is 62.2. The van der Waals surface area contributed by atoms with Gasteiger partial charge in [0.2, 0.25) is 29.5 Å². The highest BCUT2D eigenvalue weighted by molar-refractivity contribution is 6.88. The molecule has 6 N–H and O–H groups in total. The van der Waals surface area contributed by atoms with Gasteiger partial charge in [-0.25, -0.2) is 0 Å². The van der Waals surface area contributed by atoms with Gasteiger partial charge in [-0.2, -0.15) is 0 Å².